The van der Waals surface area contributed by atoms with Crippen LogP contribution in [0.3, 0.4) is 0 Å². The van der Waals surface area contributed by atoms with Gasteiger partial charge in [-0.05, 0) is 72.2 Å². The number of piperazine rings is 1. The van der Waals surface area contributed by atoms with E-state index in [-0.39, 0.29) is 11.8 Å². The van der Waals surface area contributed by atoms with Gasteiger partial charge in [0.25, 0.3) is 5.91 Å². The minimum atomic E-state index is -0.449. The number of likely N-dealkylation sites (N-methyl/N-ethyl adjacent to an activating group) is 1. The van der Waals surface area contributed by atoms with E-state index < -0.39 is 5.41 Å². The zero-order valence-corrected chi connectivity index (χ0v) is 21.9. The van der Waals surface area contributed by atoms with Crippen LogP contribution in [0.15, 0.2) is 53.0 Å². The van der Waals surface area contributed by atoms with Crippen molar-refractivity contribution in [1.29, 1.82) is 0 Å². The molecule has 0 radical (unpaired) electrons. The van der Waals surface area contributed by atoms with Crippen LogP contribution in [0, 0.1) is 5.41 Å². The van der Waals surface area contributed by atoms with E-state index in [1.165, 1.54) is 0 Å². The molecule has 2 aliphatic rings. The van der Waals surface area contributed by atoms with E-state index >= 15 is 0 Å². The van der Waals surface area contributed by atoms with E-state index in [0.29, 0.717) is 42.5 Å². The van der Waals surface area contributed by atoms with Gasteiger partial charge in [-0.25, -0.2) is 0 Å². The summed E-state index contributed by atoms with van der Waals surface area (Å²) in [5.74, 6) is 0.836. The predicted octanol–water partition coefficient (Wildman–Crippen LogP) is 4.57. The number of carbonyl (C=O) groups excluding carboxylic acids is 2. The largest absolute Gasteiger partial charge is 0.493 e. The maximum atomic E-state index is 13.4. The second-order valence-electron chi connectivity index (χ2n) is 9.41. The summed E-state index contributed by atoms with van der Waals surface area (Å²) in [4.78, 5) is 32.8. The minimum Gasteiger partial charge on any atom is -0.493 e. The van der Waals surface area contributed by atoms with Gasteiger partial charge in [-0.2, -0.15) is 0 Å². The highest BCUT2D eigenvalue weighted by atomic mass is 79.9. The molecule has 2 aromatic rings. The fraction of sp³-hybridized carbons (Fsp3) is 0.462. The molecule has 8 heteroatoms. The Bertz CT molecular complexity index is 1010. The van der Waals surface area contributed by atoms with Crippen LogP contribution >= 0.6 is 27.5 Å². The Labute approximate surface area is 214 Å². The molecule has 0 bridgehead atoms. The molecule has 6 nitrogen and oxygen atoms in total. The number of amides is 2. The van der Waals surface area contributed by atoms with E-state index in [1.807, 2.05) is 46.2 Å². The standard InChI is InChI=1S/C26H31BrClN3O3/c1-29-13-15-30(16-14-29)24(32)17-26(19-34-21-9-7-20(28)8-10-21)11-4-12-31(18-26)25(33)22-5-2-3-6-23(22)27/h2-3,5-10H,4,11-19H2,1H3/t26-/m0/s1. The average molecular weight is 549 g/mol. The first kappa shape index (κ1) is 25.0. The van der Waals surface area contributed by atoms with Crippen LogP contribution in [-0.4, -0.2) is 79.4 Å². The number of hydrogen-bond acceptors (Lipinski definition) is 4. The van der Waals surface area contributed by atoms with Gasteiger partial charge >= 0.3 is 0 Å². The van der Waals surface area contributed by atoms with Crippen LogP contribution in [0.1, 0.15) is 29.6 Å². The Kier molecular flexibility index (Phi) is 8.17. The van der Waals surface area contributed by atoms with Gasteiger partial charge in [0.05, 0.1) is 12.2 Å². The van der Waals surface area contributed by atoms with Crippen molar-refractivity contribution in [1.82, 2.24) is 14.7 Å². The fourth-order valence-electron chi connectivity index (χ4n) is 4.76. The predicted molar refractivity (Wildman–Crippen MR) is 137 cm³/mol. The summed E-state index contributed by atoms with van der Waals surface area (Å²) in [7, 11) is 2.08. The van der Waals surface area contributed by atoms with Crippen LogP contribution in [0.5, 0.6) is 5.75 Å². The third-order valence-corrected chi connectivity index (χ3v) is 7.74. The van der Waals surface area contributed by atoms with Gasteiger partial charge in [-0.1, -0.05) is 23.7 Å². The number of carbonyl (C=O) groups is 2. The summed E-state index contributed by atoms with van der Waals surface area (Å²) in [6.07, 6.45) is 2.03. The maximum absolute atomic E-state index is 13.4. The van der Waals surface area contributed by atoms with Crippen molar-refractivity contribution in [2.75, 3.05) is 52.9 Å². The molecule has 2 aromatic carbocycles. The second-order valence-corrected chi connectivity index (χ2v) is 10.7. The van der Waals surface area contributed by atoms with E-state index in [2.05, 4.69) is 27.9 Å². The Morgan fingerprint density at radius 3 is 2.41 bits per heavy atom. The lowest BCUT2D eigenvalue weighted by atomic mass is 9.77. The third-order valence-electron chi connectivity index (χ3n) is 6.79. The van der Waals surface area contributed by atoms with Gasteiger partial charge in [0.1, 0.15) is 5.75 Å². The molecule has 1 atom stereocenters. The molecule has 2 heterocycles. The summed E-state index contributed by atoms with van der Waals surface area (Å²) in [5.41, 5.74) is 0.192. The molecule has 2 amide bonds. The Morgan fingerprint density at radius 2 is 1.71 bits per heavy atom. The normalized spacial score (nSPS) is 21.4. The summed E-state index contributed by atoms with van der Waals surface area (Å²) in [6.45, 7) is 4.77. The number of benzene rings is 2. The second kappa shape index (κ2) is 11.1. The molecule has 34 heavy (non-hydrogen) atoms. The number of likely N-dealkylation sites (tertiary alicyclic amines) is 1. The van der Waals surface area contributed by atoms with E-state index in [9.17, 15) is 9.59 Å². The average Bonchev–Trinajstić information content (AvgIpc) is 2.84. The number of rotatable bonds is 6. The van der Waals surface area contributed by atoms with Crippen molar-refractivity contribution >= 4 is 39.3 Å². The Hall–Kier alpha value is -2.09. The smallest absolute Gasteiger partial charge is 0.255 e. The highest BCUT2D eigenvalue weighted by Crippen LogP contribution is 2.36. The van der Waals surface area contributed by atoms with E-state index in [1.54, 1.807) is 12.1 Å². The van der Waals surface area contributed by atoms with E-state index in [0.717, 1.165) is 43.5 Å². The number of ether oxygens (including phenoxy) is 1. The van der Waals surface area contributed by atoms with Crippen molar-refractivity contribution < 1.29 is 14.3 Å². The molecule has 4 rings (SSSR count). The summed E-state index contributed by atoms with van der Waals surface area (Å²) >= 11 is 9.53. The first-order chi connectivity index (χ1) is 16.3. The minimum absolute atomic E-state index is 0.0184. The van der Waals surface area contributed by atoms with Gasteiger partial charge in [0.2, 0.25) is 5.91 Å². The SMILES string of the molecule is CN1CCN(C(=O)C[C@@]2(COc3ccc(Cl)cc3)CCCN(C(=O)c3ccccc3Br)C2)CC1. The highest BCUT2D eigenvalue weighted by Gasteiger charge is 2.41. The van der Waals surface area contributed by atoms with Crippen LogP contribution in [0.25, 0.3) is 0 Å². The molecule has 0 saturated carbocycles. The summed E-state index contributed by atoms with van der Waals surface area (Å²) in [5, 5.41) is 0.648. The lowest BCUT2D eigenvalue weighted by Crippen LogP contribution is -2.53. The summed E-state index contributed by atoms with van der Waals surface area (Å²) in [6, 6.07) is 14.8. The molecule has 182 valence electrons. The Balaban J connectivity index is 1.53. The van der Waals surface area contributed by atoms with Crippen LogP contribution < -0.4 is 4.74 Å². The molecule has 0 aromatic heterocycles. The molecular weight excluding hydrogens is 518 g/mol. The first-order valence-corrected chi connectivity index (χ1v) is 12.9. The molecule has 0 N–H and O–H groups in total. The van der Waals surface area contributed by atoms with E-state index in [4.69, 9.17) is 16.3 Å². The monoisotopic (exact) mass is 547 g/mol. The lowest BCUT2D eigenvalue weighted by molar-refractivity contribution is -0.137. The van der Waals surface area contributed by atoms with Gasteiger partial charge in [0, 0.05) is 60.6 Å². The molecule has 0 unspecified atom stereocenters. The Morgan fingerprint density at radius 1 is 1.00 bits per heavy atom. The van der Waals surface area contributed by atoms with Crippen molar-refractivity contribution in [3.63, 3.8) is 0 Å². The lowest BCUT2D eigenvalue weighted by Gasteiger charge is -2.43. The van der Waals surface area contributed by atoms with Crippen LogP contribution in [0.4, 0.5) is 0 Å². The highest BCUT2D eigenvalue weighted by molar-refractivity contribution is 9.10. The van der Waals surface area contributed by atoms with Gasteiger partial charge in [-0.3, -0.25) is 9.59 Å². The summed E-state index contributed by atoms with van der Waals surface area (Å²) < 4.78 is 6.96. The zero-order valence-electron chi connectivity index (χ0n) is 19.5. The van der Waals surface area contributed by atoms with Crippen LogP contribution in [-0.2, 0) is 4.79 Å². The molecule has 2 fully saturated rings. The number of piperidine rings is 1. The third kappa shape index (κ3) is 6.12. The van der Waals surface area contributed by atoms with Gasteiger partial charge < -0.3 is 19.4 Å². The molecule has 0 spiro atoms. The fourth-order valence-corrected chi connectivity index (χ4v) is 5.34. The zero-order chi connectivity index (χ0) is 24.1. The van der Waals surface area contributed by atoms with Crippen molar-refractivity contribution in [3.05, 3.63) is 63.6 Å². The maximum Gasteiger partial charge on any atom is 0.255 e. The first-order valence-electron chi connectivity index (χ1n) is 11.7. The molecule has 0 aliphatic carbocycles. The molecular formula is C26H31BrClN3O3. The number of hydrogen-bond donors (Lipinski definition) is 0. The van der Waals surface area contributed by atoms with Gasteiger partial charge in [-0.15, -0.1) is 0 Å². The number of nitrogens with zero attached hydrogens (tertiary/aromatic N) is 3. The van der Waals surface area contributed by atoms with Crippen LogP contribution in [0.2, 0.25) is 5.02 Å². The molecule has 2 aliphatic heterocycles. The van der Waals surface area contributed by atoms with Crippen molar-refractivity contribution in [3.8, 4) is 5.75 Å². The number of halogens is 2. The van der Waals surface area contributed by atoms with Gasteiger partial charge in [0.15, 0.2) is 0 Å². The van der Waals surface area contributed by atoms with Crippen molar-refractivity contribution in [2.45, 2.75) is 19.3 Å². The molecule has 2 saturated heterocycles. The topological polar surface area (TPSA) is 53.1 Å². The van der Waals surface area contributed by atoms with Crippen molar-refractivity contribution in [2.24, 2.45) is 5.41 Å². The quantitative estimate of drug-likeness (QED) is 0.531.